The van der Waals surface area contributed by atoms with Crippen LogP contribution < -0.4 is 11.1 Å². The molecule has 4 rings (SSSR count). The molecule has 1 aliphatic heterocycles. The molecule has 0 spiro atoms. The van der Waals surface area contributed by atoms with Gasteiger partial charge < -0.3 is 15.6 Å². The second-order valence-electron chi connectivity index (χ2n) is 7.21. The van der Waals surface area contributed by atoms with E-state index in [-0.39, 0.29) is 17.3 Å². The van der Waals surface area contributed by atoms with E-state index in [0.717, 1.165) is 29.2 Å². The van der Waals surface area contributed by atoms with Gasteiger partial charge in [-0.3, -0.25) is 4.79 Å². The van der Waals surface area contributed by atoms with E-state index in [1.54, 1.807) is 6.20 Å². The van der Waals surface area contributed by atoms with Crippen molar-refractivity contribution >= 4 is 11.9 Å². The molecule has 2 aromatic rings. The van der Waals surface area contributed by atoms with Crippen molar-refractivity contribution in [2.45, 2.75) is 38.6 Å². The number of nitrogen functional groups attached to an aromatic ring is 1. The summed E-state index contributed by atoms with van der Waals surface area (Å²) >= 11 is 0. The van der Waals surface area contributed by atoms with Crippen LogP contribution in [0.15, 0.2) is 18.3 Å². The molecule has 1 saturated carbocycles. The van der Waals surface area contributed by atoms with E-state index in [1.165, 1.54) is 12.8 Å². The van der Waals surface area contributed by atoms with Crippen molar-refractivity contribution < 1.29 is 4.79 Å². The molecule has 0 radical (unpaired) electrons. The number of nitrogens with two attached hydrogens (primary N) is 1. The van der Waals surface area contributed by atoms with Gasteiger partial charge in [0.15, 0.2) is 0 Å². The fourth-order valence-corrected chi connectivity index (χ4v) is 3.41. The zero-order valence-corrected chi connectivity index (χ0v) is 13.5. The zero-order chi connectivity index (χ0) is 16.2. The van der Waals surface area contributed by atoms with Crippen molar-refractivity contribution in [3.63, 3.8) is 0 Å². The van der Waals surface area contributed by atoms with Gasteiger partial charge in [-0.25, -0.2) is 9.97 Å². The average molecular weight is 311 g/mol. The van der Waals surface area contributed by atoms with Crippen LogP contribution in [0.5, 0.6) is 0 Å². The molecule has 6 nitrogen and oxygen atoms in total. The summed E-state index contributed by atoms with van der Waals surface area (Å²) in [6.07, 6.45) is 4.17. The third kappa shape index (κ3) is 2.38. The standard InChI is InChI=1S/C17H21N5O/c1-17(2)9-20-15(23)11-7-13(12-5-6-19-16(18)21-12)22(14(11)17)8-10-3-4-10/h5-7,10H,3-4,8-9H2,1-2H3,(H,20,23)(H2,18,19,21). The number of fused-ring (bicyclic) bond motifs is 1. The SMILES string of the molecule is CC1(C)CNC(=O)c2cc(-c3ccnc(N)n3)n(CC3CC3)c21. The number of carbonyl (C=O) groups is 1. The summed E-state index contributed by atoms with van der Waals surface area (Å²) < 4.78 is 2.29. The van der Waals surface area contributed by atoms with Crippen LogP contribution in [-0.4, -0.2) is 27.0 Å². The summed E-state index contributed by atoms with van der Waals surface area (Å²) in [4.78, 5) is 20.7. The van der Waals surface area contributed by atoms with Crippen LogP contribution >= 0.6 is 0 Å². The molecule has 2 aromatic heterocycles. The van der Waals surface area contributed by atoms with Crippen LogP contribution in [-0.2, 0) is 12.0 Å². The predicted molar refractivity (Wildman–Crippen MR) is 88.0 cm³/mol. The van der Waals surface area contributed by atoms with E-state index >= 15 is 0 Å². The summed E-state index contributed by atoms with van der Waals surface area (Å²) in [5, 5.41) is 2.99. The Bertz CT molecular complexity index is 788. The first-order chi connectivity index (χ1) is 11.0. The van der Waals surface area contributed by atoms with Crippen molar-refractivity contribution in [2.75, 3.05) is 12.3 Å². The lowest BCUT2D eigenvalue weighted by Crippen LogP contribution is -2.44. The topological polar surface area (TPSA) is 85.8 Å². The van der Waals surface area contributed by atoms with E-state index in [4.69, 9.17) is 5.73 Å². The summed E-state index contributed by atoms with van der Waals surface area (Å²) in [6.45, 7) is 5.93. The van der Waals surface area contributed by atoms with Crippen LogP contribution in [0.1, 0.15) is 42.7 Å². The highest BCUT2D eigenvalue weighted by atomic mass is 16.1. The summed E-state index contributed by atoms with van der Waals surface area (Å²) in [5.74, 6) is 0.950. The molecule has 23 heavy (non-hydrogen) atoms. The van der Waals surface area contributed by atoms with E-state index in [1.807, 2.05) is 12.1 Å². The molecule has 1 fully saturated rings. The van der Waals surface area contributed by atoms with Crippen LogP contribution in [0.25, 0.3) is 11.4 Å². The van der Waals surface area contributed by atoms with Crippen LogP contribution in [0.2, 0.25) is 0 Å². The molecule has 0 saturated heterocycles. The van der Waals surface area contributed by atoms with Gasteiger partial charge >= 0.3 is 0 Å². The largest absolute Gasteiger partial charge is 0.368 e. The normalized spacial score (nSPS) is 19.3. The van der Waals surface area contributed by atoms with Crippen molar-refractivity contribution in [3.05, 3.63) is 29.6 Å². The van der Waals surface area contributed by atoms with Crippen LogP contribution in [0, 0.1) is 5.92 Å². The maximum Gasteiger partial charge on any atom is 0.253 e. The molecule has 0 bridgehead atoms. The third-order valence-electron chi connectivity index (χ3n) is 4.75. The van der Waals surface area contributed by atoms with Gasteiger partial charge in [0, 0.05) is 30.4 Å². The number of amides is 1. The summed E-state index contributed by atoms with van der Waals surface area (Å²) in [5.41, 5.74) is 9.25. The molecular weight excluding hydrogens is 290 g/mol. The third-order valence-corrected chi connectivity index (χ3v) is 4.75. The Kier molecular flexibility index (Phi) is 2.98. The fourth-order valence-electron chi connectivity index (χ4n) is 3.41. The molecule has 0 unspecified atom stereocenters. The Balaban J connectivity index is 1.93. The lowest BCUT2D eigenvalue weighted by Gasteiger charge is -2.32. The number of aromatic nitrogens is 3. The number of nitrogens with one attached hydrogen (secondary N) is 1. The summed E-state index contributed by atoms with van der Waals surface area (Å²) in [6, 6.07) is 3.81. The molecule has 1 amide bonds. The van der Waals surface area contributed by atoms with Gasteiger partial charge in [0.2, 0.25) is 5.95 Å². The Labute approximate surface area is 135 Å². The Morgan fingerprint density at radius 3 is 2.91 bits per heavy atom. The Morgan fingerprint density at radius 1 is 1.43 bits per heavy atom. The van der Waals surface area contributed by atoms with E-state index in [0.29, 0.717) is 12.5 Å². The Morgan fingerprint density at radius 2 is 2.22 bits per heavy atom. The minimum absolute atomic E-state index is 0.00264. The predicted octanol–water partition coefficient (Wildman–Crippen LogP) is 1.96. The first kappa shape index (κ1) is 14.2. The minimum Gasteiger partial charge on any atom is -0.368 e. The molecular formula is C17H21N5O. The molecule has 3 N–H and O–H groups in total. The maximum atomic E-state index is 12.4. The van der Waals surface area contributed by atoms with Crippen molar-refractivity contribution in [3.8, 4) is 11.4 Å². The van der Waals surface area contributed by atoms with Gasteiger partial charge in [-0.1, -0.05) is 13.8 Å². The van der Waals surface area contributed by atoms with E-state index in [2.05, 4.69) is 33.7 Å². The number of rotatable bonds is 3. The molecule has 1 aliphatic carbocycles. The van der Waals surface area contributed by atoms with E-state index in [9.17, 15) is 4.79 Å². The van der Waals surface area contributed by atoms with E-state index < -0.39 is 0 Å². The number of anilines is 1. The number of carbonyl (C=O) groups excluding carboxylic acids is 1. The molecule has 6 heteroatoms. The van der Waals surface area contributed by atoms with Gasteiger partial charge in [-0.15, -0.1) is 0 Å². The lowest BCUT2D eigenvalue weighted by molar-refractivity contribution is 0.0927. The van der Waals surface area contributed by atoms with Gasteiger partial charge in [0.1, 0.15) is 0 Å². The van der Waals surface area contributed by atoms with Gasteiger partial charge in [-0.05, 0) is 30.9 Å². The monoisotopic (exact) mass is 311 g/mol. The molecule has 3 heterocycles. The minimum atomic E-state index is -0.102. The fraction of sp³-hybridized carbons (Fsp3) is 0.471. The first-order valence-electron chi connectivity index (χ1n) is 8.07. The molecule has 0 aromatic carbocycles. The van der Waals surface area contributed by atoms with Crippen LogP contribution in [0.4, 0.5) is 5.95 Å². The lowest BCUT2D eigenvalue weighted by atomic mass is 9.84. The molecule has 0 atom stereocenters. The highest BCUT2D eigenvalue weighted by molar-refractivity contribution is 5.98. The second-order valence-corrected chi connectivity index (χ2v) is 7.21. The van der Waals surface area contributed by atoms with Gasteiger partial charge in [-0.2, -0.15) is 0 Å². The van der Waals surface area contributed by atoms with Gasteiger partial charge in [0.25, 0.3) is 5.91 Å². The van der Waals surface area contributed by atoms with Gasteiger partial charge in [0.05, 0.1) is 17.0 Å². The van der Waals surface area contributed by atoms with Crippen molar-refractivity contribution in [1.82, 2.24) is 19.9 Å². The Hall–Kier alpha value is -2.37. The molecule has 120 valence electrons. The second kappa shape index (κ2) is 4.81. The van der Waals surface area contributed by atoms with Crippen molar-refractivity contribution in [1.29, 1.82) is 0 Å². The average Bonchev–Trinajstić information content (AvgIpc) is 3.22. The quantitative estimate of drug-likeness (QED) is 0.907. The highest BCUT2D eigenvalue weighted by Gasteiger charge is 2.38. The van der Waals surface area contributed by atoms with Crippen molar-refractivity contribution in [2.24, 2.45) is 5.92 Å². The first-order valence-corrected chi connectivity index (χ1v) is 8.07. The highest BCUT2D eigenvalue weighted by Crippen LogP contribution is 2.39. The number of hydrogen-bond acceptors (Lipinski definition) is 4. The number of hydrogen-bond donors (Lipinski definition) is 2. The maximum absolute atomic E-state index is 12.4. The zero-order valence-electron chi connectivity index (χ0n) is 13.5. The molecule has 2 aliphatic rings. The van der Waals surface area contributed by atoms with Crippen LogP contribution in [0.3, 0.4) is 0 Å². The number of nitrogens with zero attached hydrogens (tertiary/aromatic N) is 3. The smallest absolute Gasteiger partial charge is 0.253 e. The summed E-state index contributed by atoms with van der Waals surface area (Å²) in [7, 11) is 0.